The van der Waals surface area contributed by atoms with Crippen LogP contribution in [0.2, 0.25) is 10.0 Å². The summed E-state index contributed by atoms with van der Waals surface area (Å²) in [6.07, 6.45) is 0.179. The zero-order valence-corrected chi connectivity index (χ0v) is 30.6. The van der Waals surface area contributed by atoms with Crippen molar-refractivity contribution in [3.05, 3.63) is 155 Å². The number of hydrogen-bond acceptors (Lipinski definition) is 5. The zero-order valence-electron chi connectivity index (χ0n) is 28.3. The molecule has 264 valence electrons. The minimum atomic E-state index is -4.27. The number of para-hydroxylation sites is 1. The van der Waals surface area contributed by atoms with Crippen molar-refractivity contribution in [1.82, 2.24) is 10.2 Å². The summed E-state index contributed by atoms with van der Waals surface area (Å²) in [6.45, 7) is 3.66. The van der Waals surface area contributed by atoms with Crippen LogP contribution in [0.4, 0.5) is 5.69 Å². The predicted octanol–water partition coefficient (Wildman–Crippen LogP) is 8.39. The van der Waals surface area contributed by atoms with E-state index in [0.717, 1.165) is 9.87 Å². The van der Waals surface area contributed by atoms with Gasteiger partial charge in [0.25, 0.3) is 10.0 Å². The fourth-order valence-corrected chi connectivity index (χ4v) is 7.27. The molecule has 1 atom stereocenters. The van der Waals surface area contributed by atoms with Crippen molar-refractivity contribution in [2.75, 3.05) is 17.4 Å². The van der Waals surface area contributed by atoms with E-state index in [0.29, 0.717) is 33.7 Å². The van der Waals surface area contributed by atoms with Gasteiger partial charge in [-0.2, -0.15) is 0 Å². The number of carbonyl (C=O) groups excluding carboxylic acids is 2. The third-order valence-corrected chi connectivity index (χ3v) is 10.4. The van der Waals surface area contributed by atoms with E-state index in [9.17, 15) is 18.0 Å². The number of nitrogens with one attached hydrogen (secondary N) is 1. The Morgan fingerprint density at radius 1 is 0.765 bits per heavy atom. The lowest BCUT2D eigenvalue weighted by Gasteiger charge is -2.34. The molecule has 5 rings (SSSR count). The summed E-state index contributed by atoms with van der Waals surface area (Å²) in [6, 6.07) is 36.8. The van der Waals surface area contributed by atoms with E-state index in [1.54, 1.807) is 60.7 Å². The highest BCUT2D eigenvalue weighted by molar-refractivity contribution is 7.92. The Labute approximate surface area is 309 Å². The molecule has 5 aromatic carbocycles. The maximum atomic E-state index is 14.7. The molecule has 11 heteroatoms. The highest BCUT2D eigenvalue weighted by Crippen LogP contribution is 2.30. The number of nitrogens with zero attached hydrogens (tertiary/aromatic N) is 2. The summed E-state index contributed by atoms with van der Waals surface area (Å²) >= 11 is 12.8. The molecule has 0 saturated carbocycles. The van der Waals surface area contributed by atoms with Crippen LogP contribution in [0, 0.1) is 5.92 Å². The topological polar surface area (TPSA) is 96.0 Å². The highest BCUT2D eigenvalue weighted by Gasteiger charge is 2.35. The molecule has 0 aliphatic carbocycles. The second kappa shape index (κ2) is 17.4. The van der Waals surface area contributed by atoms with Gasteiger partial charge in [0.1, 0.15) is 24.1 Å². The number of sulfonamides is 1. The van der Waals surface area contributed by atoms with Crippen LogP contribution in [0.5, 0.6) is 11.5 Å². The maximum absolute atomic E-state index is 14.7. The first-order chi connectivity index (χ1) is 24.5. The van der Waals surface area contributed by atoms with Crippen LogP contribution in [-0.2, 0) is 32.6 Å². The first-order valence-electron chi connectivity index (χ1n) is 16.5. The van der Waals surface area contributed by atoms with Crippen molar-refractivity contribution in [2.24, 2.45) is 5.92 Å². The highest BCUT2D eigenvalue weighted by atomic mass is 35.5. The van der Waals surface area contributed by atoms with Crippen LogP contribution < -0.4 is 14.4 Å². The van der Waals surface area contributed by atoms with Crippen LogP contribution in [0.1, 0.15) is 25.0 Å². The summed E-state index contributed by atoms with van der Waals surface area (Å²) in [4.78, 5) is 30.1. The van der Waals surface area contributed by atoms with Crippen molar-refractivity contribution >= 4 is 50.7 Å². The molecule has 0 unspecified atom stereocenters. The number of ether oxygens (including phenoxy) is 1. The van der Waals surface area contributed by atoms with Crippen molar-refractivity contribution in [3.63, 3.8) is 0 Å². The molecule has 0 heterocycles. The fourth-order valence-electron chi connectivity index (χ4n) is 5.36. The van der Waals surface area contributed by atoms with Gasteiger partial charge in [0.2, 0.25) is 11.8 Å². The van der Waals surface area contributed by atoms with Gasteiger partial charge in [-0.05, 0) is 77.7 Å². The van der Waals surface area contributed by atoms with Gasteiger partial charge in [0, 0.05) is 29.6 Å². The third kappa shape index (κ3) is 10.1. The van der Waals surface area contributed by atoms with Gasteiger partial charge < -0.3 is 15.0 Å². The number of benzene rings is 5. The average molecular weight is 745 g/mol. The maximum Gasteiger partial charge on any atom is 0.264 e. The van der Waals surface area contributed by atoms with Crippen LogP contribution in [0.15, 0.2) is 138 Å². The second-order valence-corrected chi connectivity index (χ2v) is 15.0. The van der Waals surface area contributed by atoms with Gasteiger partial charge in [-0.15, -0.1) is 0 Å². The molecule has 1 N–H and O–H groups in total. The van der Waals surface area contributed by atoms with Crippen LogP contribution in [-0.4, -0.2) is 44.3 Å². The van der Waals surface area contributed by atoms with Gasteiger partial charge in [0.05, 0.1) is 10.6 Å². The van der Waals surface area contributed by atoms with Crippen molar-refractivity contribution in [2.45, 2.75) is 37.8 Å². The van der Waals surface area contributed by atoms with Gasteiger partial charge >= 0.3 is 0 Å². The molecule has 0 saturated heterocycles. The molecular weight excluding hydrogens is 705 g/mol. The SMILES string of the molecule is CC(C)CNC(=O)[C@H](Cc1ccccc1)N(Cc1ccc(Cl)cc1Cl)C(=O)CN(c1ccc(Oc2ccccc2)cc1)S(=O)(=O)c1ccccc1. The van der Waals surface area contributed by atoms with E-state index >= 15 is 0 Å². The smallest absolute Gasteiger partial charge is 0.264 e. The van der Waals surface area contributed by atoms with Crippen molar-refractivity contribution in [3.8, 4) is 11.5 Å². The standard InChI is InChI=1S/C40H39Cl2N3O5S/c1-29(2)26-43-40(47)38(24-30-12-6-3-7-13-30)44(27-31-18-19-32(41)25-37(31)42)39(46)28-45(51(48,49)36-16-10-5-11-17-36)33-20-22-35(23-21-33)50-34-14-8-4-9-15-34/h3-23,25,29,38H,24,26-28H2,1-2H3,(H,43,47)/t38-/m0/s1. The lowest BCUT2D eigenvalue weighted by Crippen LogP contribution is -2.53. The van der Waals surface area contributed by atoms with Gasteiger partial charge in [0.15, 0.2) is 0 Å². The molecular formula is C40H39Cl2N3O5S. The number of hydrogen-bond donors (Lipinski definition) is 1. The zero-order chi connectivity index (χ0) is 36.4. The molecule has 2 amide bonds. The first-order valence-corrected chi connectivity index (χ1v) is 18.7. The third-order valence-electron chi connectivity index (χ3n) is 8.03. The molecule has 0 aliphatic heterocycles. The molecule has 0 aliphatic rings. The Kier molecular flexibility index (Phi) is 12.8. The van der Waals surface area contributed by atoms with Gasteiger partial charge in [-0.25, -0.2) is 8.42 Å². The van der Waals surface area contributed by atoms with Crippen LogP contribution in [0.3, 0.4) is 0 Å². The van der Waals surface area contributed by atoms with E-state index in [1.165, 1.54) is 17.0 Å². The molecule has 0 bridgehead atoms. The molecule has 8 nitrogen and oxygen atoms in total. The van der Waals surface area contributed by atoms with Gasteiger partial charge in [-0.3, -0.25) is 13.9 Å². The van der Waals surface area contributed by atoms with E-state index in [2.05, 4.69) is 5.32 Å². The van der Waals surface area contributed by atoms with E-state index < -0.39 is 28.5 Å². The Hall–Kier alpha value is -4.83. The summed E-state index contributed by atoms with van der Waals surface area (Å²) in [5.74, 6) is 0.279. The molecule has 51 heavy (non-hydrogen) atoms. The summed E-state index contributed by atoms with van der Waals surface area (Å²) in [5, 5.41) is 3.71. The number of carbonyl (C=O) groups is 2. The molecule has 0 radical (unpaired) electrons. The van der Waals surface area contributed by atoms with Gasteiger partial charge in [-0.1, -0.05) is 110 Å². The average Bonchev–Trinajstić information content (AvgIpc) is 3.13. The summed E-state index contributed by atoms with van der Waals surface area (Å²) in [5.41, 5.74) is 1.61. The number of anilines is 1. The lowest BCUT2D eigenvalue weighted by molar-refractivity contribution is -0.140. The number of amides is 2. The molecule has 0 fully saturated rings. The fraction of sp³-hybridized carbons (Fsp3) is 0.200. The van der Waals surface area contributed by atoms with E-state index in [-0.39, 0.29) is 35.4 Å². The minimum Gasteiger partial charge on any atom is -0.457 e. The Morgan fingerprint density at radius 3 is 1.96 bits per heavy atom. The minimum absolute atomic E-state index is 0.00483. The predicted molar refractivity (Wildman–Crippen MR) is 203 cm³/mol. The van der Waals surface area contributed by atoms with E-state index in [1.807, 2.05) is 74.5 Å². The molecule has 0 spiro atoms. The monoisotopic (exact) mass is 743 g/mol. The largest absolute Gasteiger partial charge is 0.457 e. The Balaban J connectivity index is 1.56. The first kappa shape index (κ1) is 37.4. The quantitative estimate of drug-likeness (QED) is 0.116. The van der Waals surface area contributed by atoms with Crippen LogP contribution >= 0.6 is 23.2 Å². The number of rotatable bonds is 15. The molecule has 5 aromatic rings. The van der Waals surface area contributed by atoms with Crippen LogP contribution in [0.25, 0.3) is 0 Å². The van der Waals surface area contributed by atoms with Crippen molar-refractivity contribution in [1.29, 1.82) is 0 Å². The normalized spacial score (nSPS) is 11.9. The van der Waals surface area contributed by atoms with E-state index in [4.69, 9.17) is 27.9 Å². The Morgan fingerprint density at radius 2 is 1.35 bits per heavy atom. The Bertz CT molecular complexity index is 2010. The summed E-state index contributed by atoms with van der Waals surface area (Å²) in [7, 11) is -4.27. The summed E-state index contributed by atoms with van der Waals surface area (Å²) < 4.78 is 35.6. The lowest BCUT2D eigenvalue weighted by atomic mass is 10.0. The molecule has 0 aromatic heterocycles. The number of halogens is 2. The van der Waals surface area contributed by atoms with Crippen molar-refractivity contribution < 1.29 is 22.7 Å². The second-order valence-electron chi connectivity index (χ2n) is 12.3.